The highest BCUT2D eigenvalue weighted by Gasteiger charge is 2.19. The third kappa shape index (κ3) is 5.56. The van der Waals surface area contributed by atoms with Gasteiger partial charge in [0.25, 0.3) is 0 Å². The van der Waals surface area contributed by atoms with E-state index in [1.807, 2.05) is 66.7 Å². The average Bonchev–Trinajstić information content (AvgIpc) is 3.85. The Bertz CT molecular complexity index is 3170. The first-order valence-electron chi connectivity index (χ1n) is 18.7. The van der Waals surface area contributed by atoms with Crippen LogP contribution >= 0.6 is 11.3 Å². The maximum Gasteiger partial charge on any atom is 0.164 e. The van der Waals surface area contributed by atoms with Crippen molar-refractivity contribution in [3.05, 3.63) is 188 Å². The van der Waals surface area contributed by atoms with Gasteiger partial charge in [-0.2, -0.15) is 0 Å². The molecule has 0 amide bonds. The van der Waals surface area contributed by atoms with Crippen LogP contribution in [-0.2, 0) is 0 Å². The molecule has 0 aliphatic rings. The standard InChI is InChI=1S/C51H31N3OS/c1-4-12-32(13-5-1)33-20-22-34(23-21-33)39-27-28-40(48-47(39)42-18-10-11-19-44(42)55-48)37-25-29-45-43(30-37)41-26-24-38(31-46(41)56-45)51-53-49(35-14-6-2-7-15-35)52-50(54-51)36-16-8-3-9-17-36/h1-31H. The minimum absolute atomic E-state index is 0.653. The van der Waals surface area contributed by atoms with Gasteiger partial charge in [-0.05, 0) is 58.1 Å². The van der Waals surface area contributed by atoms with Crippen LogP contribution in [0.15, 0.2) is 192 Å². The van der Waals surface area contributed by atoms with Crippen LogP contribution in [0, 0.1) is 0 Å². The number of furan rings is 1. The van der Waals surface area contributed by atoms with E-state index < -0.39 is 0 Å². The van der Waals surface area contributed by atoms with Gasteiger partial charge in [-0.25, -0.2) is 15.0 Å². The molecule has 11 rings (SSSR count). The summed E-state index contributed by atoms with van der Waals surface area (Å²) in [5.41, 5.74) is 11.6. The van der Waals surface area contributed by atoms with Crippen LogP contribution < -0.4 is 0 Å². The molecule has 0 radical (unpaired) electrons. The molecule has 0 atom stereocenters. The lowest BCUT2D eigenvalue weighted by molar-refractivity contribution is 0.670. The molecule has 56 heavy (non-hydrogen) atoms. The highest BCUT2D eigenvalue weighted by atomic mass is 32.1. The van der Waals surface area contributed by atoms with E-state index in [2.05, 4.69) is 121 Å². The van der Waals surface area contributed by atoms with Gasteiger partial charge in [0.1, 0.15) is 11.2 Å². The van der Waals surface area contributed by atoms with E-state index in [0.717, 1.165) is 60.9 Å². The molecule has 0 saturated heterocycles. The Morgan fingerprint density at radius 2 is 0.875 bits per heavy atom. The van der Waals surface area contributed by atoms with Crippen molar-refractivity contribution in [1.82, 2.24) is 15.0 Å². The molecule has 0 saturated carbocycles. The number of hydrogen-bond donors (Lipinski definition) is 0. The summed E-state index contributed by atoms with van der Waals surface area (Å²) in [7, 11) is 0. The number of para-hydroxylation sites is 1. The largest absolute Gasteiger partial charge is 0.455 e. The van der Waals surface area contributed by atoms with Gasteiger partial charge in [0, 0.05) is 53.2 Å². The highest BCUT2D eigenvalue weighted by Crippen LogP contribution is 2.44. The fraction of sp³-hybridized carbons (Fsp3) is 0. The molecule has 11 aromatic rings. The lowest BCUT2D eigenvalue weighted by atomic mass is 9.93. The molecule has 0 N–H and O–H groups in total. The summed E-state index contributed by atoms with van der Waals surface area (Å²) in [6, 6.07) is 65.7. The summed E-state index contributed by atoms with van der Waals surface area (Å²) >= 11 is 1.79. The normalized spacial score (nSPS) is 11.6. The van der Waals surface area contributed by atoms with Gasteiger partial charge in [-0.15, -0.1) is 11.3 Å². The Hall–Kier alpha value is -7.21. The van der Waals surface area contributed by atoms with Crippen molar-refractivity contribution in [2.24, 2.45) is 0 Å². The molecule has 8 aromatic carbocycles. The van der Waals surface area contributed by atoms with E-state index in [1.165, 1.54) is 31.3 Å². The van der Waals surface area contributed by atoms with Crippen LogP contribution in [0.1, 0.15) is 0 Å². The zero-order chi connectivity index (χ0) is 37.0. The zero-order valence-electron chi connectivity index (χ0n) is 30.1. The highest BCUT2D eigenvalue weighted by molar-refractivity contribution is 7.25. The van der Waals surface area contributed by atoms with Gasteiger partial charge in [-0.3, -0.25) is 0 Å². The molecule has 0 spiro atoms. The van der Waals surface area contributed by atoms with Crippen molar-refractivity contribution < 1.29 is 4.42 Å². The second kappa shape index (κ2) is 13.3. The molecule has 0 unspecified atom stereocenters. The van der Waals surface area contributed by atoms with Gasteiger partial charge in [0.2, 0.25) is 0 Å². The number of fused-ring (bicyclic) bond motifs is 6. The van der Waals surface area contributed by atoms with Crippen molar-refractivity contribution >= 4 is 53.4 Å². The first kappa shape index (κ1) is 32.2. The van der Waals surface area contributed by atoms with Crippen LogP contribution in [0.2, 0.25) is 0 Å². The molecule has 0 aliphatic carbocycles. The lowest BCUT2D eigenvalue weighted by Crippen LogP contribution is -1.99. The van der Waals surface area contributed by atoms with Crippen LogP contribution in [0.5, 0.6) is 0 Å². The third-order valence-corrected chi connectivity index (χ3v) is 11.7. The number of nitrogens with zero attached hydrogens (tertiary/aromatic N) is 3. The monoisotopic (exact) mass is 733 g/mol. The predicted molar refractivity (Wildman–Crippen MR) is 233 cm³/mol. The van der Waals surface area contributed by atoms with Crippen LogP contribution in [0.3, 0.4) is 0 Å². The SMILES string of the molecule is c1ccc(-c2ccc(-c3ccc(-c4ccc5sc6cc(-c7nc(-c8ccccc8)nc(-c8ccccc8)n7)ccc6c5c4)c4oc5ccccc5c34)cc2)cc1. The molecule has 3 aromatic heterocycles. The Balaban J connectivity index is 1.01. The Morgan fingerprint density at radius 3 is 1.57 bits per heavy atom. The quantitative estimate of drug-likeness (QED) is 0.171. The van der Waals surface area contributed by atoms with E-state index in [9.17, 15) is 0 Å². The van der Waals surface area contributed by atoms with E-state index in [0.29, 0.717) is 17.5 Å². The predicted octanol–water partition coefficient (Wildman–Crippen LogP) is 14.1. The number of hydrogen-bond acceptors (Lipinski definition) is 5. The topological polar surface area (TPSA) is 51.8 Å². The van der Waals surface area contributed by atoms with E-state index in [4.69, 9.17) is 19.4 Å². The Labute approximate surface area is 327 Å². The van der Waals surface area contributed by atoms with Crippen molar-refractivity contribution in [1.29, 1.82) is 0 Å². The molecular weight excluding hydrogens is 703 g/mol. The van der Waals surface area contributed by atoms with Crippen LogP contribution in [0.4, 0.5) is 0 Å². The minimum Gasteiger partial charge on any atom is -0.455 e. The summed E-state index contributed by atoms with van der Waals surface area (Å²) in [5, 5.41) is 4.66. The van der Waals surface area contributed by atoms with Gasteiger partial charge in [0.15, 0.2) is 17.5 Å². The number of benzene rings is 8. The molecule has 262 valence electrons. The smallest absolute Gasteiger partial charge is 0.164 e. The van der Waals surface area contributed by atoms with Gasteiger partial charge >= 0.3 is 0 Å². The van der Waals surface area contributed by atoms with Crippen molar-refractivity contribution in [2.45, 2.75) is 0 Å². The number of rotatable bonds is 6. The van der Waals surface area contributed by atoms with Crippen LogP contribution in [-0.4, -0.2) is 15.0 Å². The molecule has 0 fully saturated rings. The molecular formula is C51H31N3OS. The van der Waals surface area contributed by atoms with Crippen molar-refractivity contribution in [3.63, 3.8) is 0 Å². The first-order chi connectivity index (χ1) is 27.7. The lowest BCUT2D eigenvalue weighted by Gasteiger charge is -2.10. The van der Waals surface area contributed by atoms with Crippen molar-refractivity contribution in [2.75, 3.05) is 0 Å². The van der Waals surface area contributed by atoms with Crippen molar-refractivity contribution in [3.8, 4) is 67.5 Å². The van der Waals surface area contributed by atoms with Gasteiger partial charge in [0.05, 0.1) is 0 Å². The Kier molecular flexibility index (Phi) is 7.64. The maximum atomic E-state index is 6.71. The summed E-state index contributed by atoms with van der Waals surface area (Å²) in [5.74, 6) is 1.96. The van der Waals surface area contributed by atoms with E-state index >= 15 is 0 Å². The third-order valence-electron chi connectivity index (χ3n) is 10.6. The number of thiophene rings is 1. The molecule has 3 heterocycles. The van der Waals surface area contributed by atoms with Gasteiger partial charge < -0.3 is 4.42 Å². The molecule has 0 aliphatic heterocycles. The molecule has 4 nitrogen and oxygen atoms in total. The van der Waals surface area contributed by atoms with Crippen LogP contribution in [0.25, 0.3) is 110 Å². The van der Waals surface area contributed by atoms with E-state index in [1.54, 1.807) is 11.3 Å². The summed E-state index contributed by atoms with van der Waals surface area (Å²) < 4.78 is 9.11. The second-order valence-corrected chi connectivity index (χ2v) is 15.1. The Morgan fingerprint density at radius 1 is 0.339 bits per heavy atom. The average molecular weight is 734 g/mol. The molecule has 5 heteroatoms. The fourth-order valence-corrected chi connectivity index (χ4v) is 8.92. The van der Waals surface area contributed by atoms with E-state index in [-0.39, 0.29) is 0 Å². The zero-order valence-corrected chi connectivity index (χ0v) is 30.9. The summed E-state index contributed by atoms with van der Waals surface area (Å²) in [4.78, 5) is 14.8. The molecule has 0 bridgehead atoms. The number of aromatic nitrogens is 3. The second-order valence-electron chi connectivity index (χ2n) is 14.0. The fourth-order valence-electron chi connectivity index (χ4n) is 7.79. The minimum atomic E-state index is 0.653. The first-order valence-corrected chi connectivity index (χ1v) is 19.5. The maximum absolute atomic E-state index is 6.71. The van der Waals surface area contributed by atoms with Gasteiger partial charge in [-0.1, -0.05) is 158 Å². The summed E-state index contributed by atoms with van der Waals surface area (Å²) in [6.45, 7) is 0. The summed E-state index contributed by atoms with van der Waals surface area (Å²) in [6.07, 6.45) is 0.